The number of nitrogens with one attached hydrogen (secondary N) is 2. The van der Waals surface area contributed by atoms with E-state index in [2.05, 4.69) is 20.6 Å². The molecule has 70 valence electrons. The van der Waals surface area contributed by atoms with Gasteiger partial charge in [-0.15, -0.1) is 0 Å². The number of amidine groups is 1. The molecule has 0 amide bonds. The van der Waals surface area contributed by atoms with Crippen LogP contribution < -0.4 is 10.6 Å². The highest BCUT2D eigenvalue weighted by Gasteiger charge is 2.04. The molecule has 2 aliphatic rings. The molecule has 0 unspecified atom stereocenters. The van der Waals surface area contributed by atoms with Gasteiger partial charge in [0.15, 0.2) is 5.84 Å². The van der Waals surface area contributed by atoms with Crippen molar-refractivity contribution in [1.29, 1.82) is 0 Å². The Balaban J connectivity index is 2.22. The fourth-order valence-electron chi connectivity index (χ4n) is 1.05. The van der Waals surface area contributed by atoms with Crippen molar-refractivity contribution in [3.05, 3.63) is 48.7 Å². The SMILES string of the molecule is C1=CN=C(C2=CN=CC=CN2)NC=C1. The summed E-state index contributed by atoms with van der Waals surface area (Å²) in [5.74, 6) is 0.749. The maximum absolute atomic E-state index is 4.21. The highest BCUT2D eigenvalue weighted by atomic mass is 15.0. The molecular weight excluding hydrogens is 176 g/mol. The lowest BCUT2D eigenvalue weighted by Gasteiger charge is -2.07. The van der Waals surface area contributed by atoms with Gasteiger partial charge >= 0.3 is 0 Å². The first kappa shape index (κ1) is 8.50. The van der Waals surface area contributed by atoms with E-state index in [-0.39, 0.29) is 0 Å². The molecule has 2 rings (SSSR count). The minimum Gasteiger partial charge on any atom is -0.357 e. The van der Waals surface area contributed by atoms with Crippen molar-refractivity contribution in [2.45, 2.75) is 0 Å². The van der Waals surface area contributed by atoms with E-state index in [1.165, 1.54) is 0 Å². The van der Waals surface area contributed by atoms with Crippen LogP contribution in [0.25, 0.3) is 0 Å². The average molecular weight is 186 g/mol. The quantitative estimate of drug-likeness (QED) is 0.643. The first-order valence-corrected chi connectivity index (χ1v) is 4.28. The molecule has 0 fully saturated rings. The first-order chi connectivity index (χ1) is 6.97. The van der Waals surface area contributed by atoms with E-state index in [0.29, 0.717) is 0 Å². The van der Waals surface area contributed by atoms with Gasteiger partial charge in [0, 0.05) is 24.8 Å². The Hall–Kier alpha value is -2.10. The van der Waals surface area contributed by atoms with E-state index < -0.39 is 0 Å². The number of aliphatic imine (C=N–C) groups is 2. The van der Waals surface area contributed by atoms with Crippen molar-refractivity contribution in [2.75, 3.05) is 0 Å². The van der Waals surface area contributed by atoms with Gasteiger partial charge in [0.2, 0.25) is 0 Å². The predicted octanol–water partition coefficient (Wildman–Crippen LogP) is 1.04. The maximum Gasteiger partial charge on any atom is 0.155 e. The smallest absolute Gasteiger partial charge is 0.155 e. The lowest BCUT2D eigenvalue weighted by molar-refractivity contribution is 1.09. The second-order valence-electron chi connectivity index (χ2n) is 2.67. The van der Waals surface area contributed by atoms with Crippen molar-refractivity contribution < 1.29 is 0 Å². The second-order valence-corrected chi connectivity index (χ2v) is 2.67. The van der Waals surface area contributed by atoms with Crippen molar-refractivity contribution in [3.8, 4) is 0 Å². The molecule has 2 aliphatic heterocycles. The third-order valence-corrected chi connectivity index (χ3v) is 1.68. The minimum atomic E-state index is 0.749. The van der Waals surface area contributed by atoms with Crippen LogP contribution in [0.2, 0.25) is 0 Å². The molecule has 0 spiro atoms. The summed E-state index contributed by atoms with van der Waals surface area (Å²) in [6.07, 6.45) is 14.4. The van der Waals surface area contributed by atoms with Gasteiger partial charge in [-0.1, -0.05) is 0 Å². The van der Waals surface area contributed by atoms with E-state index in [0.717, 1.165) is 11.5 Å². The Labute approximate surface area is 82.1 Å². The zero-order valence-corrected chi connectivity index (χ0v) is 7.51. The predicted molar refractivity (Wildman–Crippen MR) is 57.7 cm³/mol. The van der Waals surface area contributed by atoms with E-state index in [9.17, 15) is 0 Å². The van der Waals surface area contributed by atoms with Crippen LogP contribution in [0.15, 0.2) is 58.7 Å². The molecule has 0 radical (unpaired) electrons. The molecule has 2 N–H and O–H groups in total. The largest absolute Gasteiger partial charge is 0.357 e. The van der Waals surface area contributed by atoms with Gasteiger partial charge in [-0.2, -0.15) is 0 Å². The Morgan fingerprint density at radius 2 is 1.93 bits per heavy atom. The summed E-state index contributed by atoms with van der Waals surface area (Å²) < 4.78 is 0. The van der Waals surface area contributed by atoms with Crippen LogP contribution in [0.1, 0.15) is 0 Å². The minimum absolute atomic E-state index is 0.749. The van der Waals surface area contributed by atoms with Crippen LogP contribution in [0, 0.1) is 0 Å². The summed E-state index contributed by atoms with van der Waals surface area (Å²) in [5.41, 5.74) is 0.839. The summed E-state index contributed by atoms with van der Waals surface area (Å²) in [6.45, 7) is 0. The Morgan fingerprint density at radius 1 is 1.00 bits per heavy atom. The van der Waals surface area contributed by atoms with Crippen molar-refractivity contribution in [2.24, 2.45) is 9.98 Å². The summed E-state index contributed by atoms with van der Waals surface area (Å²) >= 11 is 0. The van der Waals surface area contributed by atoms with Crippen LogP contribution in [-0.2, 0) is 0 Å². The number of hydrogen-bond acceptors (Lipinski definition) is 4. The van der Waals surface area contributed by atoms with Crippen LogP contribution in [0.5, 0.6) is 0 Å². The van der Waals surface area contributed by atoms with Gasteiger partial charge < -0.3 is 10.6 Å². The zero-order valence-electron chi connectivity index (χ0n) is 7.51. The summed E-state index contributed by atoms with van der Waals surface area (Å²) in [7, 11) is 0. The molecular formula is C10H10N4. The average Bonchev–Trinajstić information content (AvgIpc) is 2.62. The highest BCUT2D eigenvalue weighted by Crippen LogP contribution is 1.98. The van der Waals surface area contributed by atoms with Gasteiger partial charge in [0.05, 0.1) is 11.9 Å². The standard InChI is InChI=1S/C10H10N4/c1-2-6-14-10(13-5-1)9-8-11-4-3-7-12-9/h1-8,12H,(H,13,14). The summed E-state index contributed by atoms with van der Waals surface area (Å²) in [6, 6.07) is 0. The molecule has 0 aromatic heterocycles. The Kier molecular flexibility index (Phi) is 2.56. The molecule has 4 heteroatoms. The fourth-order valence-corrected chi connectivity index (χ4v) is 1.05. The van der Waals surface area contributed by atoms with Crippen LogP contribution in [-0.4, -0.2) is 12.1 Å². The molecule has 0 saturated carbocycles. The fraction of sp³-hybridized carbons (Fsp3) is 0. The molecule has 4 nitrogen and oxygen atoms in total. The van der Waals surface area contributed by atoms with E-state index in [1.54, 1.807) is 18.6 Å². The lowest BCUT2D eigenvalue weighted by atomic mass is 10.4. The topological polar surface area (TPSA) is 48.8 Å². The van der Waals surface area contributed by atoms with E-state index in [4.69, 9.17) is 0 Å². The van der Waals surface area contributed by atoms with Crippen molar-refractivity contribution in [1.82, 2.24) is 10.6 Å². The molecule has 2 heterocycles. The van der Waals surface area contributed by atoms with Crippen LogP contribution >= 0.6 is 0 Å². The van der Waals surface area contributed by atoms with Gasteiger partial charge in [-0.25, -0.2) is 4.99 Å². The molecule has 0 atom stereocenters. The number of rotatable bonds is 1. The van der Waals surface area contributed by atoms with Gasteiger partial charge in [-0.05, 0) is 18.2 Å². The number of hydrogen-bond donors (Lipinski definition) is 2. The lowest BCUT2D eigenvalue weighted by Crippen LogP contribution is -2.25. The molecule has 0 saturated heterocycles. The normalized spacial score (nSPS) is 18.9. The summed E-state index contributed by atoms with van der Waals surface area (Å²) in [5, 5.41) is 6.12. The van der Waals surface area contributed by atoms with E-state index >= 15 is 0 Å². The van der Waals surface area contributed by atoms with E-state index in [1.807, 2.05) is 30.6 Å². The van der Waals surface area contributed by atoms with Gasteiger partial charge in [-0.3, -0.25) is 4.99 Å². The summed E-state index contributed by atoms with van der Waals surface area (Å²) in [4.78, 5) is 8.27. The third-order valence-electron chi connectivity index (χ3n) is 1.68. The van der Waals surface area contributed by atoms with Crippen molar-refractivity contribution in [3.63, 3.8) is 0 Å². The molecule has 0 aromatic rings. The molecule has 14 heavy (non-hydrogen) atoms. The van der Waals surface area contributed by atoms with Crippen molar-refractivity contribution >= 4 is 12.1 Å². The molecule has 0 bridgehead atoms. The maximum atomic E-state index is 4.21. The molecule has 0 aliphatic carbocycles. The van der Waals surface area contributed by atoms with Crippen LogP contribution in [0.4, 0.5) is 0 Å². The monoisotopic (exact) mass is 186 g/mol. The van der Waals surface area contributed by atoms with Gasteiger partial charge in [0.1, 0.15) is 0 Å². The second kappa shape index (κ2) is 4.23. The zero-order chi connectivity index (χ0) is 9.64. The highest BCUT2D eigenvalue weighted by molar-refractivity contribution is 5.99. The van der Waals surface area contributed by atoms with Gasteiger partial charge in [0.25, 0.3) is 0 Å². The number of allylic oxidation sites excluding steroid dienone is 3. The van der Waals surface area contributed by atoms with Crippen LogP contribution in [0.3, 0.4) is 0 Å². The molecule has 0 aromatic carbocycles. The third kappa shape index (κ3) is 1.98. The Morgan fingerprint density at radius 3 is 2.93 bits per heavy atom. The first-order valence-electron chi connectivity index (χ1n) is 4.28. The number of nitrogens with zero attached hydrogens (tertiary/aromatic N) is 2. The Bertz CT molecular complexity index is 345.